The number of nitrogens with zero attached hydrogens (tertiary/aromatic N) is 3. The number of carbonyl (C=O) groups is 2. The third-order valence-electron chi connectivity index (χ3n) is 5.16. The fourth-order valence-electron chi connectivity index (χ4n) is 3.58. The van der Waals surface area contributed by atoms with E-state index in [0.717, 1.165) is 29.1 Å². The molecule has 9 heteroatoms. The highest BCUT2D eigenvalue weighted by Crippen LogP contribution is 2.32. The first kappa shape index (κ1) is 22.0. The summed E-state index contributed by atoms with van der Waals surface area (Å²) >= 11 is 2.71. The first-order chi connectivity index (χ1) is 16.6. The normalized spacial score (nSPS) is 12.4. The van der Waals surface area contributed by atoms with Crippen LogP contribution >= 0.6 is 22.7 Å². The minimum absolute atomic E-state index is 0.135. The van der Waals surface area contributed by atoms with Gasteiger partial charge in [-0.25, -0.2) is 9.97 Å². The zero-order chi connectivity index (χ0) is 23.5. The number of ether oxygens (including phenoxy) is 1. The smallest absolute Gasteiger partial charge is 0.250 e. The second kappa shape index (κ2) is 9.58. The summed E-state index contributed by atoms with van der Waals surface area (Å²) in [6.45, 7) is 2.21. The van der Waals surface area contributed by atoms with Gasteiger partial charge in [0.25, 0.3) is 0 Å². The van der Waals surface area contributed by atoms with Crippen LogP contribution in [0.4, 0.5) is 16.0 Å². The highest BCUT2D eigenvalue weighted by atomic mass is 32.1. The number of aromatic nitrogens is 2. The van der Waals surface area contributed by atoms with E-state index in [-0.39, 0.29) is 11.8 Å². The van der Waals surface area contributed by atoms with E-state index < -0.39 is 0 Å². The van der Waals surface area contributed by atoms with Gasteiger partial charge in [0.05, 0.1) is 23.7 Å². The molecule has 0 spiro atoms. The van der Waals surface area contributed by atoms with Gasteiger partial charge in [0.15, 0.2) is 10.3 Å². The molecule has 0 unspecified atom stereocenters. The number of amides is 2. The van der Waals surface area contributed by atoms with Crippen LogP contribution < -0.4 is 15.0 Å². The van der Waals surface area contributed by atoms with E-state index in [4.69, 9.17) is 4.74 Å². The number of nitrogens with one attached hydrogen (secondary N) is 1. The molecular weight excluding hydrogens is 468 g/mol. The van der Waals surface area contributed by atoms with E-state index in [1.807, 2.05) is 47.8 Å². The number of thiazole rings is 2. The zero-order valence-electron chi connectivity index (χ0n) is 18.2. The van der Waals surface area contributed by atoms with Crippen molar-refractivity contribution in [1.82, 2.24) is 9.97 Å². The quantitative estimate of drug-likeness (QED) is 0.360. The minimum atomic E-state index is -0.302. The van der Waals surface area contributed by atoms with E-state index >= 15 is 0 Å². The Bertz CT molecular complexity index is 1380. The highest BCUT2D eigenvalue weighted by molar-refractivity contribution is 7.14. The SMILES string of the molecule is CC(=O)N(c1ccccc1)c1nc(/C=C/C(=O)Nc2nc(-c3ccc4c(c3)CCO4)cs2)cs1. The number of hydrogen-bond acceptors (Lipinski definition) is 7. The molecule has 0 aliphatic carbocycles. The predicted octanol–water partition coefficient (Wildman–Crippen LogP) is 5.54. The summed E-state index contributed by atoms with van der Waals surface area (Å²) in [4.78, 5) is 35.2. The second-order valence-corrected chi connectivity index (χ2v) is 9.22. The Kier molecular flexibility index (Phi) is 6.20. The minimum Gasteiger partial charge on any atom is -0.493 e. The van der Waals surface area contributed by atoms with Gasteiger partial charge in [-0.1, -0.05) is 18.2 Å². The Morgan fingerprint density at radius 3 is 2.76 bits per heavy atom. The van der Waals surface area contributed by atoms with Gasteiger partial charge in [-0.2, -0.15) is 0 Å². The van der Waals surface area contributed by atoms with Crippen molar-refractivity contribution in [2.24, 2.45) is 0 Å². The molecule has 0 fully saturated rings. The molecule has 4 aromatic rings. The number of anilines is 3. The van der Waals surface area contributed by atoms with Gasteiger partial charge in [0, 0.05) is 35.7 Å². The van der Waals surface area contributed by atoms with Crippen LogP contribution in [-0.4, -0.2) is 28.4 Å². The monoisotopic (exact) mass is 488 g/mol. The number of hydrogen-bond donors (Lipinski definition) is 1. The number of para-hydroxylation sites is 1. The van der Waals surface area contributed by atoms with Crippen LogP contribution in [0, 0.1) is 0 Å². The van der Waals surface area contributed by atoms with E-state index in [0.29, 0.717) is 22.6 Å². The number of rotatable bonds is 6. The first-order valence-electron chi connectivity index (χ1n) is 10.6. The fraction of sp³-hybridized carbons (Fsp3) is 0.120. The summed E-state index contributed by atoms with van der Waals surface area (Å²) in [7, 11) is 0. The molecule has 3 heterocycles. The molecule has 0 saturated heterocycles. The molecule has 2 aromatic heterocycles. The Hall–Kier alpha value is -3.82. The van der Waals surface area contributed by atoms with Crippen LogP contribution in [0.3, 0.4) is 0 Å². The Balaban J connectivity index is 1.24. The van der Waals surface area contributed by atoms with Crippen molar-refractivity contribution in [1.29, 1.82) is 0 Å². The molecular formula is C25H20N4O3S2. The van der Waals surface area contributed by atoms with Crippen molar-refractivity contribution in [2.75, 3.05) is 16.8 Å². The molecule has 0 saturated carbocycles. The molecule has 0 bridgehead atoms. The van der Waals surface area contributed by atoms with Gasteiger partial charge in [-0.05, 0) is 42.0 Å². The largest absolute Gasteiger partial charge is 0.493 e. The summed E-state index contributed by atoms with van der Waals surface area (Å²) in [6, 6.07) is 15.4. The van der Waals surface area contributed by atoms with E-state index in [2.05, 4.69) is 21.4 Å². The topological polar surface area (TPSA) is 84.4 Å². The summed E-state index contributed by atoms with van der Waals surface area (Å²) in [6.07, 6.45) is 3.93. The van der Waals surface area contributed by atoms with Crippen LogP contribution in [0.5, 0.6) is 5.75 Å². The van der Waals surface area contributed by atoms with Gasteiger partial charge in [-0.15, -0.1) is 22.7 Å². The zero-order valence-corrected chi connectivity index (χ0v) is 19.9. The molecule has 34 heavy (non-hydrogen) atoms. The van der Waals surface area contributed by atoms with Gasteiger partial charge in [0.2, 0.25) is 11.8 Å². The standard InChI is InChI=1S/C25H20N4O3S2/c1-16(30)29(20-5-3-2-4-6-20)25-26-19(14-34-25)8-10-23(31)28-24-27-21(15-33-24)17-7-9-22-18(13-17)11-12-32-22/h2-10,13-15H,11-12H2,1H3,(H,27,28,31)/b10-8+. The first-order valence-corrected chi connectivity index (χ1v) is 12.3. The number of benzene rings is 2. The van der Waals surface area contributed by atoms with E-state index in [9.17, 15) is 9.59 Å². The maximum atomic E-state index is 12.4. The van der Waals surface area contributed by atoms with Crippen molar-refractivity contribution in [3.63, 3.8) is 0 Å². The van der Waals surface area contributed by atoms with Crippen molar-refractivity contribution in [3.05, 3.63) is 76.6 Å². The molecule has 1 aliphatic rings. The lowest BCUT2D eigenvalue weighted by atomic mass is 10.1. The van der Waals surface area contributed by atoms with Crippen LogP contribution in [0.1, 0.15) is 18.2 Å². The molecule has 7 nitrogen and oxygen atoms in total. The van der Waals surface area contributed by atoms with Crippen LogP contribution in [-0.2, 0) is 16.0 Å². The fourth-order valence-corrected chi connectivity index (χ4v) is 5.15. The summed E-state index contributed by atoms with van der Waals surface area (Å²) in [5.41, 5.74) is 4.33. The van der Waals surface area contributed by atoms with E-state index in [1.165, 1.54) is 41.2 Å². The predicted molar refractivity (Wildman–Crippen MR) is 136 cm³/mol. The number of fused-ring (bicyclic) bond motifs is 1. The lowest BCUT2D eigenvalue weighted by Crippen LogP contribution is -2.22. The maximum Gasteiger partial charge on any atom is 0.250 e. The third kappa shape index (κ3) is 4.75. The molecule has 1 aliphatic heterocycles. The van der Waals surface area contributed by atoms with Crippen LogP contribution in [0.15, 0.2) is 65.4 Å². The molecule has 170 valence electrons. The Morgan fingerprint density at radius 2 is 1.94 bits per heavy atom. The lowest BCUT2D eigenvalue weighted by Gasteiger charge is -2.17. The summed E-state index contributed by atoms with van der Waals surface area (Å²) in [5, 5.41) is 7.58. The lowest BCUT2D eigenvalue weighted by molar-refractivity contribution is -0.116. The van der Waals surface area contributed by atoms with Gasteiger partial charge in [0.1, 0.15) is 5.75 Å². The number of carbonyl (C=O) groups excluding carboxylic acids is 2. The maximum absolute atomic E-state index is 12.4. The highest BCUT2D eigenvalue weighted by Gasteiger charge is 2.17. The summed E-state index contributed by atoms with van der Waals surface area (Å²) < 4.78 is 5.55. The second-order valence-electron chi connectivity index (χ2n) is 7.53. The molecule has 2 aromatic carbocycles. The molecule has 0 radical (unpaired) electrons. The summed E-state index contributed by atoms with van der Waals surface area (Å²) in [5.74, 6) is 0.492. The average Bonchev–Trinajstić information content (AvgIpc) is 3.59. The molecule has 1 N–H and O–H groups in total. The van der Waals surface area contributed by atoms with Gasteiger partial charge < -0.3 is 4.74 Å². The van der Waals surface area contributed by atoms with Crippen LogP contribution in [0.2, 0.25) is 0 Å². The molecule has 5 rings (SSSR count). The molecule has 2 amide bonds. The van der Waals surface area contributed by atoms with Crippen molar-refractivity contribution in [3.8, 4) is 17.0 Å². The van der Waals surface area contributed by atoms with Crippen molar-refractivity contribution < 1.29 is 14.3 Å². The third-order valence-corrected chi connectivity index (χ3v) is 6.76. The van der Waals surface area contributed by atoms with Gasteiger partial charge >= 0.3 is 0 Å². The van der Waals surface area contributed by atoms with Gasteiger partial charge in [-0.3, -0.25) is 19.8 Å². The Morgan fingerprint density at radius 1 is 1.09 bits per heavy atom. The van der Waals surface area contributed by atoms with Crippen molar-refractivity contribution >= 4 is 56.5 Å². The van der Waals surface area contributed by atoms with E-state index in [1.54, 1.807) is 16.4 Å². The Labute approximate surface area is 204 Å². The molecule has 0 atom stereocenters. The van der Waals surface area contributed by atoms with Crippen LogP contribution in [0.25, 0.3) is 17.3 Å². The van der Waals surface area contributed by atoms with Crippen molar-refractivity contribution in [2.45, 2.75) is 13.3 Å². The average molecular weight is 489 g/mol.